The Balaban J connectivity index is 1.83. The Labute approximate surface area is 177 Å². The molecule has 30 heavy (non-hydrogen) atoms. The summed E-state index contributed by atoms with van der Waals surface area (Å²) in [5, 5.41) is 3.00. The van der Waals surface area contributed by atoms with Gasteiger partial charge in [-0.25, -0.2) is 0 Å². The number of amides is 1. The first-order valence-corrected chi connectivity index (χ1v) is 9.72. The van der Waals surface area contributed by atoms with Gasteiger partial charge < -0.3 is 24.1 Å². The van der Waals surface area contributed by atoms with Crippen LogP contribution in [0.1, 0.15) is 32.9 Å². The summed E-state index contributed by atoms with van der Waals surface area (Å²) >= 11 is 0. The van der Waals surface area contributed by atoms with Crippen LogP contribution in [-0.4, -0.2) is 31.8 Å². The van der Waals surface area contributed by atoms with E-state index in [1.165, 1.54) is 5.56 Å². The third-order valence-corrected chi connectivity index (χ3v) is 5.11. The highest BCUT2D eigenvalue weighted by atomic mass is 16.5. The number of carbonyl (C=O) groups excluding carboxylic acids is 1. The van der Waals surface area contributed by atoms with Crippen LogP contribution in [0.25, 0.3) is 5.69 Å². The van der Waals surface area contributed by atoms with Crippen molar-refractivity contribution in [3.05, 3.63) is 70.5 Å². The number of ether oxygens (including phenoxy) is 3. The Morgan fingerprint density at radius 2 is 1.60 bits per heavy atom. The fourth-order valence-corrected chi connectivity index (χ4v) is 3.67. The fourth-order valence-electron chi connectivity index (χ4n) is 3.67. The van der Waals surface area contributed by atoms with Crippen molar-refractivity contribution in [2.45, 2.75) is 27.3 Å². The second-order valence-electron chi connectivity index (χ2n) is 7.18. The highest BCUT2D eigenvalue weighted by Crippen LogP contribution is 2.38. The summed E-state index contributed by atoms with van der Waals surface area (Å²) in [6.07, 6.45) is 0. The van der Waals surface area contributed by atoms with Crippen LogP contribution in [0.2, 0.25) is 0 Å². The summed E-state index contributed by atoms with van der Waals surface area (Å²) in [5.41, 5.74) is 5.64. The van der Waals surface area contributed by atoms with Gasteiger partial charge in [0.1, 0.15) is 0 Å². The van der Waals surface area contributed by atoms with Crippen molar-refractivity contribution in [2.24, 2.45) is 0 Å². The van der Waals surface area contributed by atoms with Gasteiger partial charge in [0.2, 0.25) is 5.75 Å². The first-order chi connectivity index (χ1) is 14.4. The van der Waals surface area contributed by atoms with E-state index in [0.717, 1.165) is 22.6 Å². The molecule has 0 bridgehead atoms. The van der Waals surface area contributed by atoms with Crippen molar-refractivity contribution in [2.75, 3.05) is 21.3 Å². The molecule has 1 amide bonds. The lowest BCUT2D eigenvalue weighted by Crippen LogP contribution is -2.23. The van der Waals surface area contributed by atoms with Crippen molar-refractivity contribution >= 4 is 5.91 Å². The molecule has 0 atom stereocenters. The number of aromatic nitrogens is 1. The average Bonchev–Trinajstić information content (AvgIpc) is 3.05. The number of benzene rings is 2. The maximum Gasteiger partial charge on any atom is 0.253 e. The summed E-state index contributed by atoms with van der Waals surface area (Å²) in [6, 6.07) is 13.8. The third-order valence-electron chi connectivity index (χ3n) is 5.11. The lowest BCUT2D eigenvalue weighted by Gasteiger charge is -2.14. The Kier molecular flexibility index (Phi) is 6.35. The second-order valence-corrected chi connectivity index (χ2v) is 7.18. The Morgan fingerprint density at radius 3 is 2.17 bits per heavy atom. The van der Waals surface area contributed by atoms with E-state index in [2.05, 4.69) is 28.9 Å². The molecule has 0 aliphatic rings. The number of hydrogen-bond donors (Lipinski definition) is 1. The molecule has 0 aliphatic heterocycles. The summed E-state index contributed by atoms with van der Waals surface area (Å²) in [6.45, 7) is 6.36. The van der Waals surface area contributed by atoms with Crippen LogP contribution in [0.4, 0.5) is 0 Å². The van der Waals surface area contributed by atoms with Gasteiger partial charge in [-0.1, -0.05) is 12.1 Å². The van der Waals surface area contributed by atoms with E-state index in [9.17, 15) is 4.79 Å². The molecule has 6 heteroatoms. The minimum atomic E-state index is -0.129. The Morgan fingerprint density at radius 1 is 0.933 bits per heavy atom. The minimum Gasteiger partial charge on any atom is -0.493 e. The van der Waals surface area contributed by atoms with Crippen LogP contribution in [0.5, 0.6) is 17.2 Å². The molecule has 0 radical (unpaired) electrons. The van der Waals surface area contributed by atoms with Gasteiger partial charge in [0.05, 0.1) is 26.9 Å². The number of nitrogens with zero attached hydrogens (tertiary/aromatic N) is 1. The van der Waals surface area contributed by atoms with Crippen molar-refractivity contribution in [1.29, 1.82) is 0 Å². The van der Waals surface area contributed by atoms with Gasteiger partial charge in [-0.2, -0.15) is 0 Å². The lowest BCUT2D eigenvalue weighted by molar-refractivity contribution is 0.0950. The standard InChI is InChI=1S/C24H28N2O4/c1-15-8-7-9-19(10-15)26-16(2)11-20(17(26)3)24(27)25-14-18-12-21(28-4)23(30-6)22(13-18)29-5/h7-13H,14H2,1-6H3,(H,25,27). The molecule has 3 aromatic rings. The monoisotopic (exact) mass is 408 g/mol. The molecule has 6 nitrogen and oxygen atoms in total. The summed E-state index contributed by atoms with van der Waals surface area (Å²) in [7, 11) is 4.70. The molecule has 0 aliphatic carbocycles. The zero-order valence-electron chi connectivity index (χ0n) is 18.3. The van der Waals surface area contributed by atoms with Crippen molar-refractivity contribution in [3.8, 4) is 22.9 Å². The number of hydrogen-bond acceptors (Lipinski definition) is 4. The highest BCUT2D eigenvalue weighted by Gasteiger charge is 2.18. The molecule has 0 saturated carbocycles. The molecule has 0 unspecified atom stereocenters. The Bertz CT molecular complexity index is 1040. The van der Waals surface area contributed by atoms with Gasteiger partial charge in [-0.15, -0.1) is 0 Å². The molecule has 1 N–H and O–H groups in total. The molecule has 1 aromatic heterocycles. The van der Waals surface area contributed by atoms with Gasteiger partial charge in [-0.3, -0.25) is 4.79 Å². The van der Waals surface area contributed by atoms with E-state index >= 15 is 0 Å². The molecule has 0 fully saturated rings. The average molecular weight is 408 g/mol. The van der Waals surface area contributed by atoms with Crippen molar-refractivity contribution in [3.63, 3.8) is 0 Å². The zero-order valence-corrected chi connectivity index (χ0v) is 18.3. The zero-order chi connectivity index (χ0) is 21.8. The first kappa shape index (κ1) is 21.3. The number of methoxy groups -OCH3 is 3. The van der Waals surface area contributed by atoms with Crippen LogP contribution in [0, 0.1) is 20.8 Å². The molecule has 2 aromatic carbocycles. The van der Waals surface area contributed by atoms with E-state index in [-0.39, 0.29) is 5.91 Å². The predicted molar refractivity (Wildman–Crippen MR) is 117 cm³/mol. The van der Waals surface area contributed by atoms with Crippen molar-refractivity contribution in [1.82, 2.24) is 9.88 Å². The van der Waals surface area contributed by atoms with Crippen LogP contribution < -0.4 is 19.5 Å². The van der Waals surface area contributed by atoms with Gasteiger partial charge in [0.15, 0.2) is 11.5 Å². The summed E-state index contributed by atoms with van der Waals surface area (Å²) in [4.78, 5) is 12.9. The van der Waals surface area contributed by atoms with E-state index in [1.54, 1.807) is 21.3 Å². The Hall–Kier alpha value is -3.41. The quantitative estimate of drug-likeness (QED) is 0.631. The molecule has 1 heterocycles. The minimum absolute atomic E-state index is 0.129. The molecular weight excluding hydrogens is 380 g/mol. The van der Waals surface area contributed by atoms with Gasteiger partial charge >= 0.3 is 0 Å². The number of rotatable bonds is 7. The number of aryl methyl sites for hydroxylation is 2. The number of nitrogens with one attached hydrogen (secondary N) is 1. The molecule has 158 valence electrons. The summed E-state index contributed by atoms with van der Waals surface area (Å²) < 4.78 is 18.2. The van der Waals surface area contributed by atoms with Gasteiger partial charge in [0, 0.05) is 23.6 Å². The fraction of sp³-hybridized carbons (Fsp3) is 0.292. The van der Waals surface area contributed by atoms with Crippen LogP contribution >= 0.6 is 0 Å². The van der Waals surface area contributed by atoms with E-state index in [4.69, 9.17) is 14.2 Å². The van der Waals surface area contributed by atoms with Crippen LogP contribution in [0.3, 0.4) is 0 Å². The number of carbonyl (C=O) groups is 1. The molecule has 3 rings (SSSR count). The topological polar surface area (TPSA) is 61.7 Å². The van der Waals surface area contributed by atoms with Gasteiger partial charge in [0.25, 0.3) is 5.91 Å². The highest BCUT2D eigenvalue weighted by molar-refractivity contribution is 5.95. The van der Waals surface area contributed by atoms with Crippen LogP contribution in [0.15, 0.2) is 42.5 Å². The third kappa shape index (κ3) is 4.13. The maximum atomic E-state index is 12.9. The van der Waals surface area contributed by atoms with E-state index < -0.39 is 0 Å². The maximum absolute atomic E-state index is 12.9. The SMILES string of the molecule is COc1cc(CNC(=O)c2cc(C)n(-c3cccc(C)c3)c2C)cc(OC)c1OC. The van der Waals surface area contributed by atoms with Crippen LogP contribution in [-0.2, 0) is 6.54 Å². The van der Waals surface area contributed by atoms with E-state index in [0.29, 0.717) is 29.4 Å². The largest absolute Gasteiger partial charge is 0.493 e. The lowest BCUT2D eigenvalue weighted by atomic mass is 10.1. The molecule has 0 saturated heterocycles. The van der Waals surface area contributed by atoms with Crippen molar-refractivity contribution < 1.29 is 19.0 Å². The summed E-state index contributed by atoms with van der Waals surface area (Å²) in [5.74, 6) is 1.50. The predicted octanol–water partition coefficient (Wildman–Crippen LogP) is 4.36. The van der Waals surface area contributed by atoms with Gasteiger partial charge in [-0.05, 0) is 62.2 Å². The smallest absolute Gasteiger partial charge is 0.253 e. The molecule has 0 spiro atoms. The first-order valence-electron chi connectivity index (χ1n) is 9.72. The normalized spacial score (nSPS) is 10.6. The second kappa shape index (κ2) is 8.95. The molecular formula is C24H28N2O4. The van der Waals surface area contributed by atoms with E-state index in [1.807, 2.05) is 44.2 Å².